The highest BCUT2D eigenvalue weighted by Gasteiger charge is 2.10. The van der Waals surface area contributed by atoms with Crippen LogP contribution in [0.2, 0.25) is 5.02 Å². The quantitative estimate of drug-likeness (QED) is 0.894. The molecule has 2 N–H and O–H groups in total. The molecular weight excluding hydrogens is 330 g/mol. The standard InChI is InChI=1S/C13H11BrClN3O/c1-16-11-6-5-8(7-17-11)13(19)18-10-4-2-3-9(15)12(10)14/h2-7H,1H3,(H,16,17)(H,18,19). The molecule has 0 fully saturated rings. The van der Waals surface area contributed by atoms with E-state index in [9.17, 15) is 4.79 Å². The molecule has 0 bridgehead atoms. The highest BCUT2D eigenvalue weighted by molar-refractivity contribution is 9.10. The van der Waals surface area contributed by atoms with Crippen LogP contribution in [0.1, 0.15) is 10.4 Å². The molecule has 98 valence electrons. The van der Waals surface area contributed by atoms with Crippen LogP contribution in [0.25, 0.3) is 0 Å². The van der Waals surface area contributed by atoms with Crippen LogP contribution < -0.4 is 10.6 Å². The Morgan fingerprint density at radius 3 is 2.74 bits per heavy atom. The van der Waals surface area contributed by atoms with Gasteiger partial charge in [-0.1, -0.05) is 17.7 Å². The first-order chi connectivity index (χ1) is 9.11. The van der Waals surface area contributed by atoms with Crippen LogP contribution in [0.15, 0.2) is 41.0 Å². The number of rotatable bonds is 3. The second-order valence-corrected chi connectivity index (χ2v) is 4.94. The molecule has 0 spiro atoms. The van der Waals surface area contributed by atoms with Gasteiger partial charge in [-0.25, -0.2) is 4.98 Å². The van der Waals surface area contributed by atoms with Crippen molar-refractivity contribution in [1.29, 1.82) is 0 Å². The maximum atomic E-state index is 12.0. The van der Waals surface area contributed by atoms with Gasteiger partial charge in [0.25, 0.3) is 5.91 Å². The normalized spacial score (nSPS) is 10.1. The molecule has 1 aromatic heterocycles. The third-order valence-corrected chi connectivity index (χ3v) is 3.88. The van der Waals surface area contributed by atoms with E-state index >= 15 is 0 Å². The molecule has 0 aliphatic carbocycles. The molecule has 0 aliphatic rings. The lowest BCUT2D eigenvalue weighted by molar-refractivity contribution is 0.102. The predicted octanol–water partition coefficient (Wildman–Crippen LogP) is 3.79. The third kappa shape index (κ3) is 3.24. The minimum Gasteiger partial charge on any atom is -0.373 e. The minimum absolute atomic E-state index is 0.238. The number of aromatic nitrogens is 1. The van der Waals surface area contributed by atoms with Crippen LogP contribution in [-0.4, -0.2) is 17.9 Å². The zero-order valence-corrected chi connectivity index (χ0v) is 12.4. The summed E-state index contributed by atoms with van der Waals surface area (Å²) >= 11 is 9.30. The summed E-state index contributed by atoms with van der Waals surface area (Å²) < 4.78 is 0.657. The van der Waals surface area contributed by atoms with Gasteiger partial charge >= 0.3 is 0 Å². The van der Waals surface area contributed by atoms with Gasteiger partial charge in [-0.3, -0.25) is 4.79 Å². The summed E-state index contributed by atoms with van der Waals surface area (Å²) in [4.78, 5) is 16.1. The number of nitrogens with zero attached hydrogens (tertiary/aromatic N) is 1. The summed E-state index contributed by atoms with van der Waals surface area (Å²) in [5.41, 5.74) is 1.10. The van der Waals surface area contributed by atoms with Crippen molar-refractivity contribution in [1.82, 2.24) is 4.98 Å². The minimum atomic E-state index is -0.238. The summed E-state index contributed by atoms with van der Waals surface area (Å²) in [6.07, 6.45) is 1.51. The first-order valence-corrected chi connectivity index (χ1v) is 6.68. The monoisotopic (exact) mass is 339 g/mol. The Labute approximate surface area is 124 Å². The van der Waals surface area contributed by atoms with E-state index in [0.29, 0.717) is 26.6 Å². The van der Waals surface area contributed by atoms with Gasteiger partial charge in [-0.2, -0.15) is 0 Å². The number of halogens is 2. The van der Waals surface area contributed by atoms with Crippen molar-refractivity contribution < 1.29 is 4.79 Å². The average molecular weight is 341 g/mol. The summed E-state index contributed by atoms with van der Waals surface area (Å²) in [6, 6.07) is 8.72. The molecule has 2 aromatic rings. The summed E-state index contributed by atoms with van der Waals surface area (Å²) in [5, 5.41) is 6.21. The molecule has 19 heavy (non-hydrogen) atoms. The van der Waals surface area contributed by atoms with Crippen molar-refractivity contribution >= 4 is 44.9 Å². The van der Waals surface area contributed by atoms with Gasteiger partial charge in [0.2, 0.25) is 0 Å². The summed E-state index contributed by atoms with van der Waals surface area (Å²) in [7, 11) is 1.77. The Balaban J connectivity index is 2.18. The lowest BCUT2D eigenvalue weighted by Gasteiger charge is -2.08. The lowest BCUT2D eigenvalue weighted by Crippen LogP contribution is -2.12. The smallest absolute Gasteiger partial charge is 0.257 e. The number of amides is 1. The number of nitrogens with one attached hydrogen (secondary N) is 2. The van der Waals surface area contributed by atoms with E-state index in [-0.39, 0.29) is 5.91 Å². The highest BCUT2D eigenvalue weighted by atomic mass is 79.9. The van der Waals surface area contributed by atoms with Crippen molar-refractivity contribution in [2.75, 3.05) is 17.7 Å². The van der Waals surface area contributed by atoms with Crippen LogP contribution in [0, 0.1) is 0 Å². The fourth-order valence-corrected chi connectivity index (χ4v) is 2.01. The molecule has 0 radical (unpaired) electrons. The second-order valence-electron chi connectivity index (χ2n) is 3.74. The molecule has 0 saturated carbocycles. The molecule has 1 amide bonds. The van der Waals surface area contributed by atoms with Gasteiger partial charge in [-0.15, -0.1) is 0 Å². The molecule has 0 atom stereocenters. The van der Waals surface area contributed by atoms with Crippen molar-refractivity contribution in [3.05, 3.63) is 51.6 Å². The fourth-order valence-electron chi connectivity index (χ4n) is 1.47. The van der Waals surface area contributed by atoms with E-state index in [1.54, 1.807) is 37.4 Å². The molecule has 0 aliphatic heterocycles. The number of anilines is 2. The van der Waals surface area contributed by atoms with E-state index < -0.39 is 0 Å². The SMILES string of the molecule is CNc1ccc(C(=O)Nc2cccc(Cl)c2Br)cn1. The van der Waals surface area contributed by atoms with Gasteiger partial charge in [-0.05, 0) is 40.2 Å². The van der Waals surface area contributed by atoms with Crippen LogP contribution in [0.5, 0.6) is 0 Å². The maximum Gasteiger partial charge on any atom is 0.257 e. The fraction of sp³-hybridized carbons (Fsp3) is 0.0769. The number of pyridine rings is 1. The van der Waals surface area contributed by atoms with E-state index in [1.165, 1.54) is 6.20 Å². The Hall–Kier alpha value is -1.59. The highest BCUT2D eigenvalue weighted by Crippen LogP contribution is 2.30. The van der Waals surface area contributed by atoms with Crippen LogP contribution in [-0.2, 0) is 0 Å². The van der Waals surface area contributed by atoms with Gasteiger partial charge in [0.1, 0.15) is 5.82 Å². The summed E-state index contributed by atoms with van der Waals surface area (Å²) in [6.45, 7) is 0. The Kier molecular flexibility index (Phi) is 4.39. The molecule has 2 rings (SSSR count). The van der Waals surface area contributed by atoms with E-state index in [2.05, 4.69) is 31.5 Å². The maximum absolute atomic E-state index is 12.0. The zero-order valence-electron chi connectivity index (χ0n) is 10.1. The average Bonchev–Trinajstić information content (AvgIpc) is 2.44. The van der Waals surface area contributed by atoms with Crippen LogP contribution >= 0.6 is 27.5 Å². The Morgan fingerprint density at radius 2 is 2.11 bits per heavy atom. The largest absolute Gasteiger partial charge is 0.373 e. The molecule has 6 heteroatoms. The van der Waals surface area contributed by atoms with Gasteiger partial charge in [0, 0.05) is 13.2 Å². The first kappa shape index (κ1) is 13.8. The molecule has 0 unspecified atom stereocenters. The molecular formula is C13H11BrClN3O. The number of benzene rings is 1. The van der Waals surface area contributed by atoms with E-state index in [1.807, 2.05) is 0 Å². The van der Waals surface area contributed by atoms with Gasteiger partial charge in [0.05, 0.1) is 20.7 Å². The zero-order chi connectivity index (χ0) is 13.8. The third-order valence-electron chi connectivity index (χ3n) is 2.48. The number of hydrogen-bond donors (Lipinski definition) is 2. The lowest BCUT2D eigenvalue weighted by atomic mass is 10.2. The van der Waals surface area contributed by atoms with E-state index in [0.717, 1.165) is 0 Å². The molecule has 1 aromatic carbocycles. The molecule has 0 saturated heterocycles. The number of carbonyl (C=O) groups is 1. The van der Waals surface area contributed by atoms with Crippen molar-refractivity contribution in [3.63, 3.8) is 0 Å². The molecule has 4 nitrogen and oxygen atoms in total. The molecule has 1 heterocycles. The number of hydrogen-bond acceptors (Lipinski definition) is 3. The topological polar surface area (TPSA) is 54.0 Å². The van der Waals surface area contributed by atoms with Gasteiger partial charge in [0.15, 0.2) is 0 Å². The Bertz CT molecular complexity index is 601. The van der Waals surface area contributed by atoms with Crippen LogP contribution in [0.3, 0.4) is 0 Å². The Morgan fingerprint density at radius 1 is 1.32 bits per heavy atom. The second kappa shape index (κ2) is 6.04. The number of carbonyl (C=O) groups excluding carboxylic acids is 1. The van der Waals surface area contributed by atoms with Crippen molar-refractivity contribution in [2.24, 2.45) is 0 Å². The van der Waals surface area contributed by atoms with E-state index in [4.69, 9.17) is 11.6 Å². The van der Waals surface area contributed by atoms with Crippen molar-refractivity contribution in [3.8, 4) is 0 Å². The van der Waals surface area contributed by atoms with Crippen molar-refractivity contribution in [2.45, 2.75) is 0 Å². The summed E-state index contributed by atoms with van der Waals surface area (Å²) in [5.74, 6) is 0.471. The predicted molar refractivity (Wildman–Crippen MR) is 80.9 cm³/mol. The van der Waals surface area contributed by atoms with Gasteiger partial charge < -0.3 is 10.6 Å². The van der Waals surface area contributed by atoms with Crippen LogP contribution in [0.4, 0.5) is 11.5 Å². The first-order valence-electron chi connectivity index (χ1n) is 5.51.